The molecular weight excluding hydrogens is 240 g/mol. The van der Waals surface area contributed by atoms with Crippen molar-refractivity contribution in [2.75, 3.05) is 0 Å². The molecule has 0 bridgehead atoms. The third-order valence-corrected chi connectivity index (χ3v) is 2.23. The number of esters is 1. The Morgan fingerprint density at radius 1 is 1.17 bits per heavy atom. The van der Waals surface area contributed by atoms with E-state index in [2.05, 4.69) is 6.58 Å². The Morgan fingerprint density at radius 2 is 1.61 bits per heavy atom. The van der Waals surface area contributed by atoms with Gasteiger partial charge in [0, 0.05) is 6.08 Å². The zero-order valence-electron chi connectivity index (χ0n) is 9.47. The number of carbonyl (C=O) groups excluding carboxylic acids is 1. The van der Waals surface area contributed by atoms with E-state index in [1.165, 1.54) is 6.92 Å². The maximum absolute atomic E-state index is 11.0. The van der Waals surface area contributed by atoms with Crippen LogP contribution in [0.4, 0.5) is 0 Å². The standard InChI is InChI=1S/C12H10O6/c1-3-10(13)18-7-4-8(11(14)15)6(2)9(5-7)12(16)17/h3-5H,1H2,2H3,(H,14,15)(H,16,17). The fraction of sp³-hybridized carbons (Fsp3) is 0.0833. The molecular formula is C12H10O6. The highest BCUT2D eigenvalue weighted by Crippen LogP contribution is 2.22. The highest BCUT2D eigenvalue weighted by atomic mass is 16.5. The molecule has 6 nitrogen and oxygen atoms in total. The van der Waals surface area contributed by atoms with Crippen LogP contribution in [0.2, 0.25) is 0 Å². The van der Waals surface area contributed by atoms with Crippen molar-refractivity contribution >= 4 is 17.9 Å². The number of carbonyl (C=O) groups is 3. The van der Waals surface area contributed by atoms with E-state index in [1.54, 1.807) is 0 Å². The lowest BCUT2D eigenvalue weighted by Gasteiger charge is -2.08. The Balaban J connectivity index is 3.37. The van der Waals surface area contributed by atoms with Gasteiger partial charge in [0.25, 0.3) is 0 Å². The molecule has 0 heterocycles. The van der Waals surface area contributed by atoms with E-state index in [-0.39, 0.29) is 22.4 Å². The van der Waals surface area contributed by atoms with E-state index in [1.807, 2.05) is 0 Å². The molecule has 1 rings (SSSR count). The number of carboxylic acids is 2. The second kappa shape index (κ2) is 5.13. The molecule has 0 aliphatic rings. The van der Waals surface area contributed by atoms with Crippen LogP contribution < -0.4 is 4.74 Å². The third-order valence-electron chi connectivity index (χ3n) is 2.23. The molecule has 0 aliphatic heterocycles. The minimum atomic E-state index is -1.30. The van der Waals surface area contributed by atoms with Crippen LogP contribution in [0.3, 0.4) is 0 Å². The maximum atomic E-state index is 11.0. The second-order valence-electron chi connectivity index (χ2n) is 3.38. The first-order valence-corrected chi connectivity index (χ1v) is 4.82. The van der Waals surface area contributed by atoms with Gasteiger partial charge < -0.3 is 14.9 Å². The summed E-state index contributed by atoms with van der Waals surface area (Å²) in [4.78, 5) is 32.9. The molecule has 18 heavy (non-hydrogen) atoms. The highest BCUT2D eigenvalue weighted by Gasteiger charge is 2.18. The lowest BCUT2D eigenvalue weighted by molar-refractivity contribution is -0.128. The average molecular weight is 250 g/mol. The highest BCUT2D eigenvalue weighted by molar-refractivity contribution is 5.97. The fourth-order valence-electron chi connectivity index (χ4n) is 1.35. The van der Waals surface area contributed by atoms with Gasteiger partial charge in [-0.2, -0.15) is 0 Å². The number of ether oxygens (including phenoxy) is 1. The Morgan fingerprint density at radius 3 is 1.94 bits per heavy atom. The molecule has 0 radical (unpaired) electrons. The predicted molar refractivity (Wildman–Crippen MR) is 60.9 cm³/mol. The van der Waals surface area contributed by atoms with Gasteiger partial charge in [0.15, 0.2) is 0 Å². The number of rotatable bonds is 4. The first-order chi connectivity index (χ1) is 8.36. The van der Waals surface area contributed by atoms with E-state index in [0.717, 1.165) is 18.2 Å². The summed E-state index contributed by atoms with van der Waals surface area (Å²) in [5, 5.41) is 17.9. The van der Waals surface area contributed by atoms with Crippen LogP contribution in [-0.2, 0) is 4.79 Å². The summed E-state index contributed by atoms with van der Waals surface area (Å²) >= 11 is 0. The summed E-state index contributed by atoms with van der Waals surface area (Å²) in [5.41, 5.74) is -0.378. The number of aromatic carboxylic acids is 2. The first-order valence-electron chi connectivity index (χ1n) is 4.82. The minimum Gasteiger partial charge on any atom is -0.478 e. The van der Waals surface area contributed by atoms with Gasteiger partial charge in [-0.15, -0.1) is 0 Å². The van der Waals surface area contributed by atoms with Crippen molar-refractivity contribution in [3.63, 3.8) is 0 Å². The van der Waals surface area contributed by atoms with Gasteiger partial charge in [0.1, 0.15) is 5.75 Å². The van der Waals surface area contributed by atoms with Crippen molar-refractivity contribution in [3.8, 4) is 5.75 Å². The SMILES string of the molecule is C=CC(=O)Oc1cc(C(=O)O)c(C)c(C(=O)O)c1. The van der Waals surface area contributed by atoms with E-state index >= 15 is 0 Å². The Labute approximate surface area is 102 Å². The van der Waals surface area contributed by atoms with Gasteiger partial charge in [-0.25, -0.2) is 14.4 Å². The van der Waals surface area contributed by atoms with Crippen LogP contribution in [0, 0.1) is 6.92 Å². The number of carboxylic acid groups (broad SMARTS) is 2. The monoisotopic (exact) mass is 250 g/mol. The van der Waals surface area contributed by atoms with Crippen LogP contribution in [0.1, 0.15) is 26.3 Å². The van der Waals surface area contributed by atoms with Gasteiger partial charge in [0.05, 0.1) is 11.1 Å². The number of hydrogen-bond acceptors (Lipinski definition) is 4. The summed E-state index contributed by atoms with van der Waals surface area (Å²) in [6, 6.07) is 2.18. The van der Waals surface area contributed by atoms with Crippen LogP contribution >= 0.6 is 0 Å². The molecule has 94 valence electrons. The number of hydrogen-bond donors (Lipinski definition) is 2. The number of benzene rings is 1. The van der Waals surface area contributed by atoms with Gasteiger partial charge in [-0.3, -0.25) is 0 Å². The van der Waals surface area contributed by atoms with Crippen LogP contribution in [-0.4, -0.2) is 28.1 Å². The van der Waals surface area contributed by atoms with Crippen molar-refractivity contribution in [2.45, 2.75) is 6.92 Å². The van der Waals surface area contributed by atoms with Gasteiger partial charge in [-0.1, -0.05) is 6.58 Å². The zero-order valence-corrected chi connectivity index (χ0v) is 9.47. The smallest absolute Gasteiger partial charge is 0.336 e. The van der Waals surface area contributed by atoms with Crippen molar-refractivity contribution in [2.24, 2.45) is 0 Å². The van der Waals surface area contributed by atoms with Crippen molar-refractivity contribution in [1.82, 2.24) is 0 Å². The molecule has 6 heteroatoms. The van der Waals surface area contributed by atoms with Gasteiger partial charge in [0.2, 0.25) is 0 Å². The molecule has 1 aromatic carbocycles. The largest absolute Gasteiger partial charge is 0.478 e. The Kier molecular flexibility index (Phi) is 3.83. The second-order valence-corrected chi connectivity index (χ2v) is 3.38. The molecule has 0 amide bonds. The zero-order chi connectivity index (χ0) is 13.9. The molecule has 2 N–H and O–H groups in total. The van der Waals surface area contributed by atoms with E-state index < -0.39 is 17.9 Å². The lowest BCUT2D eigenvalue weighted by Crippen LogP contribution is -2.10. The van der Waals surface area contributed by atoms with E-state index in [9.17, 15) is 14.4 Å². The van der Waals surface area contributed by atoms with Crippen LogP contribution in [0.5, 0.6) is 5.75 Å². The van der Waals surface area contributed by atoms with Gasteiger partial charge in [-0.05, 0) is 24.6 Å². The topological polar surface area (TPSA) is 101 Å². The summed E-state index contributed by atoms with van der Waals surface area (Å²) in [6.45, 7) is 4.55. The predicted octanol–water partition coefficient (Wildman–Crippen LogP) is 1.48. The summed E-state index contributed by atoms with van der Waals surface area (Å²) in [6.07, 6.45) is 0.890. The molecule has 0 saturated carbocycles. The molecule has 0 saturated heterocycles. The van der Waals surface area contributed by atoms with E-state index in [0.29, 0.717) is 0 Å². The molecule has 0 fully saturated rings. The average Bonchev–Trinajstić information content (AvgIpc) is 2.30. The molecule has 0 aromatic heterocycles. The lowest BCUT2D eigenvalue weighted by atomic mass is 10.0. The molecule has 0 aliphatic carbocycles. The minimum absolute atomic E-state index is 0.0911. The first kappa shape index (κ1) is 13.4. The Hall–Kier alpha value is -2.63. The van der Waals surface area contributed by atoms with Gasteiger partial charge >= 0.3 is 17.9 Å². The third kappa shape index (κ3) is 2.73. The maximum Gasteiger partial charge on any atom is 0.336 e. The molecule has 0 unspecified atom stereocenters. The molecule has 0 atom stereocenters. The molecule has 1 aromatic rings. The Bertz CT molecular complexity index is 508. The van der Waals surface area contributed by atoms with Crippen LogP contribution in [0.15, 0.2) is 24.8 Å². The van der Waals surface area contributed by atoms with E-state index in [4.69, 9.17) is 14.9 Å². The van der Waals surface area contributed by atoms with Crippen LogP contribution in [0.25, 0.3) is 0 Å². The summed E-state index contributed by atoms with van der Waals surface area (Å²) in [5.74, 6) is -3.55. The fourth-order valence-corrected chi connectivity index (χ4v) is 1.35. The van der Waals surface area contributed by atoms with Crippen molar-refractivity contribution < 1.29 is 29.3 Å². The summed E-state index contributed by atoms with van der Waals surface area (Å²) < 4.78 is 4.72. The normalized spacial score (nSPS) is 9.61. The van der Waals surface area contributed by atoms with Crippen molar-refractivity contribution in [1.29, 1.82) is 0 Å². The quantitative estimate of drug-likeness (QED) is 0.477. The summed E-state index contributed by atoms with van der Waals surface area (Å²) in [7, 11) is 0. The molecule has 0 spiro atoms. The van der Waals surface area contributed by atoms with Crippen molar-refractivity contribution in [3.05, 3.63) is 41.5 Å².